The summed E-state index contributed by atoms with van der Waals surface area (Å²) in [6.07, 6.45) is 0.493. The Hall–Kier alpha value is -1.95. The van der Waals surface area contributed by atoms with Gasteiger partial charge in [0, 0.05) is 19.2 Å². The molecule has 0 bridgehead atoms. The molecule has 18 heavy (non-hydrogen) atoms. The third kappa shape index (κ3) is 3.27. The molecule has 1 aromatic carbocycles. The van der Waals surface area contributed by atoms with E-state index in [-0.39, 0.29) is 18.2 Å². The number of aliphatic hydroxyl groups excluding tert-OH is 1. The summed E-state index contributed by atoms with van der Waals surface area (Å²) in [6, 6.07) is 3.16. The van der Waals surface area contributed by atoms with Crippen molar-refractivity contribution in [3.05, 3.63) is 17.7 Å². The summed E-state index contributed by atoms with van der Waals surface area (Å²) in [5.41, 5.74) is 6.39. The lowest BCUT2D eigenvalue weighted by Gasteiger charge is -2.12. The largest absolute Gasteiger partial charge is 0.497 e. The Morgan fingerprint density at radius 1 is 1.39 bits per heavy atom. The van der Waals surface area contributed by atoms with E-state index in [4.69, 9.17) is 20.3 Å². The SMILES string of the molecule is COc1cc(OC)c(N)c(C(=O)NCCCO)c1. The first-order valence-corrected chi connectivity index (χ1v) is 5.54. The number of ether oxygens (including phenoxy) is 2. The Morgan fingerprint density at radius 2 is 2.11 bits per heavy atom. The number of nitrogens with two attached hydrogens (primary N) is 1. The second-order valence-corrected chi connectivity index (χ2v) is 3.62. The minimum Gasteiger partial charge on any atom is -0.497 e. The van der Waals surface area contributed by atoms with Crippen molar-refractivity contribution < 1.29 is 19.4 Å². The van der Waals surface area contributed by atoms with Gasteiger partial charge in [0.15, 0.2) is 0 Å². The molecule has 0 aliphatic heterocycles. The van der Waals surface area contributed by atoms with E-state index in [9.17, 15) is 4.79 Å². The zero-order chi connectivity index (χ0) is 13.5. The number of aliphatic hydroxyl groups is 1. The fourth-order valence-electron chi connectivity index (χ4n) is 1.45. The number of carbonyl (C=O) groups is 1. The maximum atomic E-state index is 11.9. The third-order valence-electron chi connectivity index (χ3n) is 2.44. The van der Waals surface area contributed by atoms with Gasteiger partial charge in [0.2, 0.25) is 0 Å². The van der Waals surface area contributed by atoms with Gasteiger partial charge in [-0.05, 0) is 12.5 Å². The van der Waals surface area contributed by atoms with Crippen LogP contribution in [0.5, 0.6) is 11.5 Å². The van der Waals surface area contributed by atoms with Crippen LogP contribution in [0.3, 0.4) is 0 Å². The first kappa shape index (κ1) is 14.1. The molecule has 1 rings (SSSR count). The van der Waals surface area contributed by atoms with Gasteiger partial charge in [-0.15, -0.1) is 0 Å². The molecule has 0 heterocycles. The Labute approximate surface area is 106 Å². The molecule has 0 spiro atoms. The van der Waals surface area contributed by atoms with Crippen LogP contribution in [0.25, 0.3) is 0 Å². The Morgan fingerprint density at radius 3 is 2.67 bits per heavy atom. The summed E-state index contributed by atoms with van der Waals surface area (Å²) in [5, 5.41) is 11.3. The van der Waals surface area contributed by atoms with E-state index < -0.39 is 0 Å². The van der Waals surface area contributed by atoms with Crippen LogP contribution >= 0.6 is 0 Å². The highest BCUT2D eigenvalue weighted by molar-refractivity contribution is 6.00. The fourth-order valence-corrected chi connectivity index (χ4v) is 1.45. The van der Waals surface area contributed by atoms with Gasteiger partial charge in [-0.1, -0.05) is 0 Å². The van der Waals surface area contributed by atoms with E-state index in [1.165, 1.54) is 14.2 Å². The minimum atomic E-state index is -0.321. The average molecular weight is 254 g/mol. The van der Waals surface area contributed by atoms with Gasteiger partial charge in [0.05, 0.1) is 25.5 Å². The molecule has 0 unspecified atom stereocenters. The summed E-state index contributed by atoms with van der Waals surface area (Å²) < 4.78 is 10.2. The lowest BCUT2D eigenvalue weighted by atomic mass is 10.1. The number of hydrogen-bond acceptors (Lipinski definition) is 5. The zero-order valence-corrected chi connectivity index (χ0v) is 10.5. The van der Waals surface area contributed by atoms with E-state index in [1.54, 1.807) is 12.1 Å². The second-order valence-electron chi connectivity index (χ2n) is 3.62. The maximum absolute atomic E-state index is 11.9. The van der Waals surface area contributed by atoms with Crippen LogP contribution in [0, 0.1) is 0 Å². The molecule has 0 saturated heterocycles. The van der Waals surface area contributed by atoms with Gasteiger partial charge in [0.25, 0.3) is 5.91 Å². The molecule has 0 aromatic heterocycles. The molecule has 1 aromatic rings. The van der Waals surface area contributed by atoms with Gasteiger partial charge in [0.1, 0.15) is 11.5 Å². The van der Waals surface area contributed by atoms with Crippen molar-refractivity contribution in [1.82, 2.24) is 5.32 Å². The topological polar surface area (TPSA) is 93.8 Å². The summed E-state index contributed by atoms with van der Waals surface area (Å²) >= 11 is 0. The van der Waals surface area contributed by atoms with Crippen LogP contribution < -0.4 is 20.5 Å². The molecule has 0 fully saturated rings. The van der Waals surface area contributed by atoms with Crippen LogP contribution in [0.1, 0.15) is 16.8 Å². The molecule has 4 N–H and O–H groups in total. The maximum Gasteiger partial charge on any atom is 0.253 e. The first-order valence-electron chi connectivity index (χ1n) is 5.54. The molecule has 0 aliphatic rings. The number of hydrogen-bond donors (Lipinski definition) is 3. The standard InChI is InChI=1S/C12H18N2O4/c1-17-8-6-9(11(13)10(7-8)18-2)12(16)14-4-3-5-15/h6-7,15H,3-5,13H2,1-2H3,(H,14,16). The van der Waals surface area contributed by atoms with Crippen molar-refractivity contribution in [3.8, 4) is 11.5 Å². The van der Waals surface area contributed by atoms with Crippen molar-refractivity contribution in [1.29, 1.82) is 0 Å². The summed E-state index contributed by atoms with van der Waals surface area (Å²) in [7, 11) is 2.97. The van der Waals surface area contributed by atoms with E-state index in [2.05, 4.69) is 5.32 Å². The van der Waals surface area contributed by atoms with Crippen LogP contribution in [-0.4, -0.2) is 38.4 Å². The summed E-state index contributed by atoms with van der Waals surface area (Å²) in [4.78, 5) is 11.9. The van der Waals surface area contributed by atoms with Crippen molar-refractivity contribution in [3.63, 3.8) is 0 Å². The quantitative estimate of drug-likeness (QED) is 0.504. The monoisotopic (exact) mass is 254 g/mol. The molecular weight excluding hydrogens is 236 g/mol. The highest BCUT2D eigenvalue weighted by Crippen LogP contribution is 2.30. The lowest BCUT2D eigenvalue weighted by Crippen LogP contribution is -2.26. The van der Waals surface area contributed by atoms with Crippen molar-refractivity contribution >= 4 is 11.6 Å². The Balaban J connectivity index is 2.95. The van der Waals surface area contributed by atoms with Gasteiger partial charge in [-0.2, -0.15) is 0 Å². The molecule has 6 heteroatoms. The van der Waals surface area contributed by atoms with E-state index in [0.717, 1.165) is 0 Å². The van der Waals surface area contributed by atoms with E-state index in [0.29, 0.717) is 30.0 Å². The number of amides is 1. The molecular formula is C12H18N2O4. The predicted octanol–water partition coefficient (Wildman–Crippen LogP) is 0.398. The molecule has 0 atom stereocenters. The van der Waals surface area contributed by atoms with E-state index in [1.807, 2.05) is 0 Å². The number of anilines is 1. The molecule has 0 aliphatic carbocycles. The highest BCUT2D eigenvalue weighted by Gasteiger charge is 2.15. The summed E-state index contributed by atoms with van der Waals surface area (Å²) in [5.74, 6) is 0.563. The first-order chi connectivity index (χ1) is 8.63. The zero-order valence-electron chi connectivity index (χ0n) is 10.5. The highest BCUT2D eigenvalue weighted by atomic mass is 16.5. The second kappa shape index (κ2) is 6.70. The van der Waals surface area contributed by atoms with Crippen LogP contribution in [0.2, 0.25) is 0 Å². The molecule has 100 valence electrons. The molecule has 1 amide bonds. The van der Waals surface area contributed by atoms with Gasteiger partial charge >= 0.3 is 0 Å². The fraction of sp³-hybridized carbons (Fsp3) is 0.417. The molecule has 0 radical (unpaired) electrons. The van der Waals surface area contributed by atoms with Gasteiger partial charge in [-0.25, -0.2) is 0 Å². The number of methoxy groups -OCH3 is 2. The normalized spacial score (nSPS) is 9.94. The number of carbonyl (C=O) groups excluding carboxylic acids is 1. The predicted molar refractivity (Wildman–Crippen MR) is 68.0 cm³/mol. The molecule has 6 nitrogen and oxygen atoms in total. The average Bonchev–Trinajstić information content (AvgIpc) is 2.39. The molecule has 0 saturated carbocycles. The van der Waals surface area contributed by atoms with Crippen molar-refractivity contribution in [2.75, 3.05) is 33.1 Å². The number of nitrogen functional groups attached to an aromatic ring is 1. The van der Waals surface area contributed by atoms with Gasteiger partial charge in [-0.3, -0.25) is 4.79 Å². The van der Waals surface area contributed by atoms with Crippen molar-refractivity contribution in [2.24, 2.45) is 0 Å². The van der Waals surface area contributed by atoms with E-state index >= 15 is 0 Å². The number of benzene rings is 1. The van der Waals surface area contributed by atoms with Crippen LogP contribution in [-0.2, 0) is 0 Å². The van der Waals surface area contributed by atoms with Crippen LogP contribution in [0.15, 0.2) is 12.1 Å². The Kier molecular flexibility index (Phi) is 5.26. The smallest absolute Gasteiger partial charge is 0.253 e. The number of nitrogens with one attached hydrogen (secondary N) is 1. The van der Waals surface area contributed by atoms with Gasteiger partial charge < -0.3 is 25.6 Å². The lowest BCUT2D eigenvalue weighted by molar-refractivity contribution is 0.0951. The number of rotatable bonds is 6. The third-order valence-corrected chi connectivity index (χ3v) is 2.44. The Bertz CT molecular complexity index is 421. The van der Waals surface area contributed by atoms with Crippen LogP contribution in [0.4, 0.5) is 5.69 Å². The van der Waals surface area contributed by atoms with Crippen molar-refractivity contribution in [2.45, 2.75) is 6.42 Å². The summed E-state index contributed by atoms with van der Waals surface area (Å²) in [6.45, 7) is 0.408. The minimum absolute atomic E-state index is 0.0250.